The third-order valence-corrected chi connectivity index (χ3v) is 4.64. The van der Waals surface area contributed by atoms with Gasteiger partial charge in [0.25, 0.3) is 0 Å². The molecule has 1 aromatic carbocycles. The Morgan fingerprint density at radius 3 is 2.70 bits per heavy atom. The lowest BCUT2D eigenvalue weighted by Gasteiger charge is -2.36. The smallest absolute Gasteiger partial charge is 0.243 e. The van der Waals surface area contributed by atoms with E-state index in [1.807, 2.05) is 19.1 Å². The zero-order valence-corrected chi connectivity index (χ0v) is 13.4. The number of nitrogens with one attached hydrogen (secondary N) is 3. The van der Waals surface area contributed by atoms with Gasteiger partial charge in [0.15, 0.2) is 0 Å². The van der Waals surface area contributed by atoms with Gasteiger partial charge in [-0.05, 0) is 30.9 Å². The molecule has 2 amide bonds. The van der Waals surface area contributed by atoms with Crippen LogP contribution in [0.2, 0.25) is 0 Å². The molecule has 3 rings (SSSR count). The highest BCUT2D eigenvalue weighted by atomic mass is 16.2. The van der Waals surface area contributed by atoms with E-state index in [0.29, 0.717) is 13.0 Å². The van der Waals surface area contributed by atoms with E-state index in [4.69, 9.17) is 5.73 Å². The average molecular weight is 316 g/mol. The molecule has 1 unspecified atom stereocenters. The number of carbonyl (C=O) groups is 2. The zero-order valence-electron chi connectivity index (χ0n) is 13.4. The number of nitrogens with two attached hydrogens (primary N) is 1. The van der Waals surface area contributed by atoms with Crippen LogP contribution in [0.4, 0.5) is 5.69 Å². The summed E-state index contributed by atoms with van der Waals surface area (Å²) in [4.78, 5) is 23.8. The predicted molar refractivity (Wildman–Crippen MR) is 89.1 cm³/mol. The van der Waals surface area contributed by atoms with Crippen LogP contribution in [-0.2, 0) is 16.0 Å². The van der Waals surface area contributed by atoms with E-state index in [0.717, 1.165) is 24.9 Å². The second kappa shape index (κ2) is 6.58. The van der Waals surface area contributed by atoms with Crippen LogP contribution < -0.4 is 21.7 Å². The van der Waals surface area contributed by atoms with Crippen LogP contribution in [0.25, 0.3) is 0 Å². The zero-order chi connectivity index (χ0) is 16.4. The minimum Gasteiger partial charge on any atom is -0.373 e. The summed E-state index contributed by atoms with van der Waals surface area (Å²) in [6.07, 6.45) is 2.67. The minimum absolute atomic E-state index is 0.00865. The molecule has 1 fully saturated rings. The minimum atomic E-state index is -0.197. The number of hydrogen-bond donors (Lipinski definition) is 4. The first-order chi connectivity index (χ1) is 11.1. The molecule has 1 saturated carbocycles. The molecule has 1 heterocycles. The molecular formula is C17H24N4O2. The highest BCUT2D eigenvalue weighted by Gasteiger charge is 2.34. The average Bonchev–Trinajstić information content (AvgIpc) is 2.91. The summed E-state index contributed by atoms with van der Waals surface area (Å²) in [5.74, 6) is 0.0306. The SMILES string of the molecule is Cc1cccc2c1NC(C(=O)N[C@H]1C[C@@H](NC(=O)CCN)C1)C2. The molecular weight excluding hydrogens is 292 g/mol. The molecule has 0 aromatic heterocycles. The number of anilines is 1. The largest absolute Gasteiger partial charge is 0.373 e. The van der Waals surface area contributed by atoms with Crippen LogP contribution in [0.15, 0.2) is 18.2 Å². The van der Waals surface area contributed by atoms with E-state index >= 15 is 0 Å². The maximum atomic E-state index is 12.4. The summed E-state index contributed by atoms with van der Waals surface area (Å²) in [5, 5.41) is 9.32. The van der Waals surface area contributed by atoms with E-state index in [2.05, 4.69) is 22.0 Å². The summed E-state index contributed by atoms with van der Waals surface area (Å²) in [7, 11) is 0. The Morgan fingerprint density at radius 1 is 1.26 bits per heavy atom. The van der Waals surface area contributed by atoms with Crippen molar-refractivity contribution >= 4 is 17.5 Å². The number of para-hydroxylation sites is 1. The van der Waals surface area contributed by atoms with Crippen molar-refractivity contribution in [2.24, 2.45) is 5.73 Å². The van der Waals surface area contributed by atoms with Crippen molar-refractivity contribution in [1.82, 2.24) is 10.6 Å². The number of carbonyl (C=O) groups excluding carboxylic acids is 2. The Hall–Kier alpha value is -2.08. The molecule has 0 bridgehead atoms. The van der Waals surface area contributed by atoms with Crippen molar-refractivity contribution in [2.45, 2.75) is 50.7 Å². The Morgan fingerprint density at radius 2 is 2.00 bits per heavy atom. The van der Waals surface area contributed by atoms with Crippen LogP contribution in [0.1, 0.15) is 30.4 Å². The van der Waals surface area contributed by atoms with E-state index in [9.17, 15) is 9.59 Å². The molecule has 5 N–H and O–H groups in total. The van der Waals surface area contributed by atoms with Gasteiger partial charge in [-0.2, -0.15) is 0 Å². The lowest BCUT2D eigenvalue weighted by atomic mass is 9.86. The molecule has 6 heteroatoms. The molecule has 1 aliphatic carbocycles. The van der Waals surface area contributed by atoms with Gasteiger partial charge < -0.3 is 21.7 Å². The normalized spacial score (nSPS) is 25.0. The fraction of sp³-hybridized carbons (Fsp3) is 0.529. The summed E-state index contributed by atoms with van der Waals surface area (Å²) in [6, 6.07) is 6.25. The van der Waals surface area contributed by atoms with Crippen molar-refractivity contribution in [3.05, 3.63) is 29.3 Å². The Bertz CT molecular complexity index is 611. The third-order valence-electron chi connectivity index (χ3n) is 4.64. The van der Waals surface area contributed by atoms with Gasteiger partial charge in [0.1, 0.15) is 6.04 Å². The number of hydrogen-bond acceptors (Lipinski definition) is 4. The molecule has 23 heavy (non-hydrogen) atoms. The second-order valence-corrected chi connectivity index (χ2v) is 6.49. The molecule has 0 saturated heterocycles. The van der Waals surface area contributed by atoms with Crippen molar-refractivity contribution in [2.75, 3.05) is 11.9 Å². The number of rotatable bonds is 5. The van der Waals surface area contributed by atoms with Gasteiger partial charge in [-0.25, -0.2) is 0 Å². The third kappa shape index (κ3) is 3.47. The van der Waals surface area contributed by atoms with Gasteiger partial charge in [-0.3, -0.25) is 9.59 Å². The molecule has 0 spiro atoms. The van der Waals surface area contributed by atoms with Crippen molar-refractivity contribution < 1.29 is 9.59 Å². The first kappa shape index (κ1) is 15.8. The molecule has 1 aliphatic heterocycles. The molecule has 1 atom stereocenters. The lowest BCUT2D eigenvalue weighted by Crippen LogP contribution is -2.56. The molecule has 2 aliphatic rings. The monoisotopic (exact) mass is 316 g/mol. The van der Waals surface area contributed by atoms with Crippen LogP contribution in [0.5, 0.6) is 0 Å². The topological polar surface area (TPSA) is 96.2 Å². The standard InChI is InChI=1S/C17H24N4O2/c1-10-3-2-4-11-7-14(21-16(10)11)17(23)20-13-8-12(9-13)19-15(22)5-6-18/h2-4,12-14,21H,5-9,18H2,1H3,(H,19,22)(H,20,23)/t12-,13+,14?. The second-order valence-electron chi connectivity index (χ2n) is 6.49. The number of benzene rings is 1. The van der Waals surface area contributed by atoms with E-state index < -0.39 is 0 Å². The van der Waals surface area contributed by atoms with Crippen LogP contribution >= 0.6 is 0 Å². The van der Waals surface area contributed by atoms with Crippen molar-refractivity contribution in [3.8, 4) is 0 Å². The van der Waals surface area contributed by atoms with E-state index in [1.54, 1.807) is 0 Å². The first-order valence-electron chi connectivity index (χ1n) is 8.21. The molecule has 0 radical (unpaired) electrons. The molecule has 124 valence electrons. The van der Waals surface area contributed by atoms with Gasteiger partial charge >= 0.3 is 0 Å². The van der Waals surface area contributed by atoms with Crippen LogP contribution in [0.3, 0.4) is 0 Å². The molecule has 6 nitrogen and oxygen atoms in total. The summed E-state index contributed by atoms with van der Waals surface area (Å²) in [6.45, 7) is 2.42. The number of amides is 2. The van der Waals surface area contributed by atoms with E-state index in [-0.39, 0.29) is 29.9 Å². The molecule has 1 aromatic rings. The maximum absolute atomic E-state index is 12.4. The van der Waals surface area contributed by atoms with Gasteiger partial charge in [0.05, 0.1) is 0 Å². The predicted octanol–water partition coefficient (Wildman–Crippen LogP) is 0.444. The Kier molecular flexibility index (Phi) is 4.52. The summed E-state index contributed by atoms with van der Waals surface area (Å²) in [5.41, 5.74) is 8.81. The van der Waals surface area contributed by atoms with Gasteiger partial charge in [0.2, 0.25) is 11.8 Å². The highest BCUT2D eigenvalue weighted by Crippen LogP contribution is 2.29. The quantitative estimate of drug-likeness (QED) is 0.634. The fourth-order valence-electron chi connectivity index (χ4n) is 3.29. The fourth-order valence-corrected chi connectivity index (χ4v) is 3.29. The Balaban J connectivity index is 1.44. The number of aryl methyl sites for hydroxylation is 1. The van der Waals surface area contributed by atoms with Crippen LogP contribution in [-0.4, -0.2) is 36.5 Å². The maximum Gasteiger partial charge on any atom is 0.243 e. The van der Waals surface area contributed by atoms with Crippen LogP contribution in [0, 0.1) is 6.92 Å². The van der Waals surface area contributed by atoms with Crippen molar-refractivity contribution in [3.63, 3.8) is 0 Å². The van der Waals surface area contributed by atoms with Crippen molar-refractivity contribution in [1.29, 1.82) is 0 Å². The van der Waals surface area contributed by atoms with Gasteiger partial charge in [-0.15, -0.1) is 0 Å². The summed E-state index contributed by atoms with van der Waals surface area (Å²) >= 11 is 0. The highest BCUT2D eigenvalue weighted by molar-refractivity contribution is 5.88. The summed E-state index contributed by atoms with van der Waals surface area (Å²) < 4.78 is 0. The lowest BCUT2D eigenvalue weighted by molar-refractivity contribution is -0.123. The van der Waals surface area contributed by atoms with Gasteiger partial charge in [0, 0.05) is 37.2 Å². The van der Waals surface area contributed by atoms with Gasteiger partial charge in [-0.1, -0.05) is 18.2 Å². The Labute approximate surface area is 136 Å². The van der Waals surface area contributed by atoms with E-state index in [1.165, 1.54) is 11.1 Å². The first-order valence-corrected chi connectivity index (χ1v) is 8.21. The number of fused-ring (bicyclic) bond motifs is 1.